The summed E-state index contributed by atoms with van der Waals surface area (Å²) in [5, 5.41) is 0. The van der Waals surface area contributed by atoms with Crippen LogP contribution in [0.3, 0.4) is 0 Å². The lowest BCUT2D eigenvalue weighted by Crippen LogP contribution is -2.02. The summed E-state index contributed by atoms with van der Waals surface area (Å²) in [7, 11) is 0. The Labute approximate surface area is 110 Å². The zero-order chi connectivity index (χ0) is 12.4. The van der Waals surface area contributed by atoms with E-state index in [1.165, 1.54) is 11.3 Å². The molecule has 17 heavy (non-hydrogen) atoms. The Morgan fingerprint density at radius 1 is 1.35 bits per heavy atom. The molecule has 0 atom stereocenters. The number of hydrogen-bond donors (Lipinski definition) is 0. The minimum atomic E-state index is 0.0717. The number of benzene rings is 1. The highest BCUT2D eigenvalue weighted by Gasteiger charge is 2.15. The van der Waals surface area contributed by atoms with Crippen molar-refractivity contribution < 1.29 is 4.79 Å². The smallest absolute Gasteiger partial charge is 0.203 e. The molecule has 0 aliphatic heterocycles. The van der Waals surface area contributed by atoms with Crippen LogP contribution in [0.2, 0.25) is 4.34 Å². The van der Waals surface area contributed by atoms with Gasteiger partial charge < -0.3 is 0 Å². The fourth-order valence-corrected chi connectivity index (χ4v) is 2.91. The number of rotatable bonds is 3. The molecule has 0 bridgehead atoms. The predicted molar refractivity (Wildman–Crippen MR) is 73.3 cm³/mol. The fraction of sp³-hybridized carbons (Fsp3) is 0.214. The maximum absolute atomic E-state index is 12.3. The lowest BCUT2D eigenvalue weighted by molar-refractivity contribution is 0.104. The average Bonchev–Trinajstić information content (AvgIpc) is 2.68. The molecule has 3 heteroatoms. The van der Waals surface area contributed by atoms with Gasteiger partial charge in [0.15, 0.2) is 0 Å². The summed E-state index contributed by atoms with van der Waals surface area (Å²) in [4.78, 5) is 13.1. The normalized spacial score (nSPS) is 10.5. The van der Waals surface area contributed by atoms with Gasteiger partial charge in [0, 0.05) is 5.56 Å². The van der Waals surface area contributed by atoms with Crippen molar-refractivity contribution in [3.63, 3.8) is 0 Å². The molecular weight excluding hydrogens is 252 g/mol. The van der Waals surface area contributed by atoms with Crippen molar-refractivity contribution in [1.29, 1.82) is 0 Å². The highest BCUT2D eigenvalue weighted by Crippen LogP contribution is 2.29. The van der Waals surface area contributed by atoms with Gasteiger partial charge in [0.25, 0.3) is 0 Å². The minimum absolute atomic E-state index is 0.0717. The van der Waals surface area contributed by atoms with Crippen molar-refractivity contribution >= 4 is 28.7 Å². The van der Waals surface area contributed by atoms with Gasteiger partial charge in [0.05, 0.1) is 9.21 Å². The molecule has 2 rings (SSSR count). The molecule has 0 unspecified atom stereocenters. The van der Waals surface area contributed by atoms with Gasteiger partial charge in [-0.1, -0.05) is 42.8 Å². The predicted octanol–water partition coefficient (Wildman–Crippen LogP) is 4.50. The van der Waals surface area contributed by atoms with Crippen LogP contribution in [0, 0.1) is 6.92 Å². The van der Waals surface area contributed by atoms with Crippen molar-refractivity contribution in [2.75, 3.05) is 0 Å². The van der Waals surface area contributed by atoms with E-state index >= 15 is 0 Å². The van der Waals surface area contributed by atoms with Crippen LogP contribution in [-0.2, 0) is 6.42 Å². The summed E-state index contributed by atoms with van der Waals surface area (Å²) in [6.07, 6.45) is 0.861. The molecule has 0 spiro atoms. The largest absolute Gasteiger partial charge is 0.288 e. The van der Waals surface area contributed by atoms with Crippen molar-refractivity contribution in [3.8, 4) is 0 Å². The van der Waals surface area contributed by atoms with Gasteiger partial charge in [0.1, 0.15) is 0 Å². The summed E-state index contributed by atoms with van der Waals surface area (Å²) in [5.41, 5.74) is 2.83. The Morgan fingerprint density at radius 3 is 2.65 bits per heavy atom. The van der Waals surface area contributed by atoms with Crippen molar-refractivity contribution in [2.24, 2.45) is 0 Å². The van der Waals surface area contributed by atoms with Crippen LogP contribution in [-0.4, -0.2) is 5.78 Å². The molecule has 0 saturated heterocycles. The standard InChI is InChI=1S/C14H13ClOS/c1-3-10-6-4-5-7-11(10)13(16)12-8-9(2)14(15)17-12/h4-8H,3H2,1-2H3. The molecule has 0 saturated carbocycles. The van der Waals surface area contributed by atoms with E-state index in [1.54, 1.807) is 0 Å². The molecule has 88 valence electrons. The van der Waals surface area contributed by atoms with E-state index < -0.39 is 0 Å². The Morgan fingerprint density at radius 2 is 2.06 bits per heavy atom. The minimum Gasteiger partial charge on any atom is -0.288 e. The number of aryl methyl sites for hydroxylation is 2. The number of ketones is 1. The highest BCUT2D eigenvalue weighted by atomic mass is 35.5. The second-order valence-electron chi connectivity index (χ2n) is 3.91. The molecule has 1 heterocycles. The molecule has 0 fully saturated rings. The second-order valence-corrected chi connectivity index (χ2v) is 5.56. The molecule has 1 nitrogen and oxygen atoms in total. The quantitative estimate of drug-likeness (QED) is 0.746. The maximum atomic E-state index is 12.3. The summed E-state index contributed by atoms with van der Waals surface area (Å²) >= 11 is 7.35. The Hall–Kier alpha value is -1.12. The molecule has 0 radical (unpaired) electrons. The van der Waals surface area contributed by atoms with Gasteiger partial charge in [-0.15, -0.1) is 11.3 Å². The van der Waals surface area contributed by atoms with Gasteiger partial charge in [-0.05, 0) is 30.5 Å². The Kier molecular flexibility index (Phi) is 3.65. The lowest BCUT2D eigenvalue weighted by atomic mass is 10.0. The third-order valence-corrected chi connectivity index (χ3v) is 4.28. The molecule has 1 aromatic heterocycles. The van der Waals surface area contributed by atoms with E-state index in [1.807, 2.05) is 37.3 Å². The van der Waals surface area contributed by atoms with Crippen LogP contribution >= 0.6 is 22.9 Å². The van der Waals surface area contributed by atoms with Crippen molar-refractivity contribution in [3.05, 3.63) is 56.2 Å². The van der Waals surface area contributed by atoms with Gasteiger partial charge in [-0.3, -0.25) is 4.79 Å². The molecular formula is C14H13ClOS. The van der Waals surface area contributed by atoms with E-state index in [0.717, 1.165) is 23.1 Å². The van der Waals surface area contributed by atoms with Gasteiger partial charge >= 0.3 is 0 Å². The molecule has 2 aromatic rings. The first-order valence-corrected chi connectivity index (χ1v) is 6.71. The van der Waals surface area contributed by atoms with Crippen LogP contribution in [0.5, 0.6) is 0 Å². The Bertz CT molecular complexity index is 538. The zero-order valence-electron chi connectivity index (χ0n) is 9.79. The van der Waals surface area contributed by atoms with Gasteiger partial charge in [-0.2, -0.15) is 0 Å². The average molecular weight is 265 g/mol. The first kappa shape index (κ1) is 12.3. The monoisotopic (exact) mass is 264 g/mol. The summed E-state index contributed by atoms with van der Waals surface area (Å²) in [5.74, 6) is 0.0717. The van der Waals surface area contributed by atoms with E-state index in [2.05, 4.69) is 6.92 Å². The van der Waals surface area contributed by atoms with Crippen LogP contribution in [0.15, 0.2) is 30.3 Å². The topological polar surface area (TPSA) is 17.1 Å². The summed E-state index contributed by atoms with van der Waals surface area (Å²) in [6, 6.07) is 9.60. The van der Waals surface area contributed by atoms with E-state index in [4.69, 9.17) is 11.6 Å². The maximum Gasteiger partial charge on any atom is 0.203 e. The first-order valence-electron chi connectivity index (χ1n) is 5.52. The van der Waals surface area contributed by atoms with Crippen LogP contribution < -0.4 is 0 Å². The second kappa shape index (κ2) is 5.03. The number of carbonyl (C=O) groups is 1. The number of halogens is 1. The summed E-state index contributed by atoms with van der Waals surface area (Å²) < 4.78 is 0.697. The summed E-state index contributed by atoms with van der Waals surface area (Å²) in [6.45, 7) is 3.97. The fourth-order valence-electron chi connectivity index (χ4n) is 1.75. The van der Waals surface area contributed by atoms with E-state index in [-0.39, 0.29) is 5.78 Å². The van der Waals surface area contributed by atoms with E-state index in [0.29, 0.717) is 9.21 Å². The highest BCUT2D eigenvalue weighted by molar-refractivity contribution is 7.18. The lowest BCUT2D eigenvalue weighted by Gasteiger charge is -2.04. The van der Waals surface area contributed by atoms with Crippen LogP contribution in [0.4, 0.5) is 0 Å². The third-order valence-electron chi connectivity index (χ3n) is 2.72. The van der Waals surface area contributed by atoms with Gasteiger partial charge in [0.2, 0.25) is 5.78 Å². The first-order chi connectivity index (χ1) is 8.13. The van der Waals surface area contributed by atoms with Crippen molar-refractivity contribution in [1.82, 2.24) is 0 Å². The molecule has 0 amide bonds. The van der Waals surface area contributed by atoms with Crippen molar-refractivity contribution in [2.45, 2.75) is 20.3 Å². The number of carbonyl (C=O) groups excluding carboxylic acids is 1. The van der Waals surface area contributed by atoms with Gasteiger partial charge in [-0.25, -0.2) is 0 Å². The SMILES string of the molecule is CCc1ccccc1C(=O)c1cc(C)c(Cl)s1. The molecule has 0 aliphatic carbocycles. The Balaban J connectivity index is 2.43. The molecule has 0 aliphatic rings. The van der Waals surface area contributed by atoms with Crippen LogP contribution in [0.1, 0.15) is 33.3 Å². The zero-order valence-corrected chi connectivity index (χ0v) is 11.4. The molecule has 0 N–H and O–H groups in total. The van der Waals surface area contributed by atoms with Crippen LogP contribution in [0.25, 0.3) is 0 Å². The number of hydrogen-bond acceptors (Lipinski definition) is 2. The molecule has 1 aromatic carbocycles. The van der Waals surface area contributed by atoms with E-state index in [9.17, 15) is 4.79 Å². The number of thiophene rings is 1. The third kappa shape index (κ3) is 2.43.